The van der Waals surface area contributed by atoms with Crippen molar-refractivity contribution in [2.75, 3.05) is 19.5 Å². The van der Waals surface area contributed by atoms with Crippen molar-refractivity contribution in [3.8, 4) is 22.8 Å². The van der Waals surface area contributed by atoms with Gasteiger partial charge in [0.25, 0.3) is 11.5 Å². The maximum absolute atomic E-state index is 12.6. The molecule has 9 heteroatoms. The van der Waals surface area contributed by atoms with Crippen molar-refractivity contribution >= 4 is 22.5 Å². The molecule has 0 aliphatic carbocycles. The summed E-state index contributed by atoms with van der Waals surface area (Å²) in [7, 11) is 4.74. The first-order valence-corrected chi connectivity index (χ1v) is 9.04. The fraction of sp³-hybridized carbons (Fsp3) is 0.143. The summed E-state index contributed by atoms with van der Waals surface area (Å²) in [4.78, 5) is 29.1. The van der Waals surface area contributed by atoms with Crippen LogP contribution in [0.1, 0.15) is 10.5 Å². The minimum absolute atomic E-state index is 0.187. The van der Waals surface area contributed by atoms with Crippen molar-refractivity contribution < 1.29 is 14.3 Å². The first-order valence-electron chi connectivity index (χ1n) is 9.04. The van der Waals surface area contributed by atoms with Gasteiger partial charge in [0.1, 0.15) is 5.69 Å². The molecule has 0 saturated carbocycles. The number of amides is 1. The lowest BCUT2D eigenvalue weighted by Crippen LogP contribution is -2.17. The molecule has 0 bridgehead atoms. The first kappa shape index (κ1) is 19.2. The molecule has 30 heavy (non-hydrogen) atoms. The highest BCUT2D eigenvalue weighted by molar-refractivity contribution is 6.04. The number of nitrogens with one attached hydrogen (secondary N) is 2. The van der Waals surface area contributed by atoms with E-state index in [-0.39, 0.29) is 17.2 Å². The summed E-state index contributed by atoms with van der Waals surface area (Å²) in [6.45, 7) is 0. The van der Waals surface area contributed by atoms with Gasteiger partial charge in [0, 0.05) is 18.3 Å². The van der Waals surface area contributed by atoms with Gasteiger partial charge in [-0.15, -0.1) is 0 Å². The van der Waals surface area contributed by atoms with Crippen molar-refractivity contribution in [1.29, 1.82) is 0 Å². The Labute approximate surface area is 171 Å². The minimum Gasteiger partial charge on any atom is -0.493 e. The van der Waals surface area contributed by atoms with Gasteiger partial charge in [0.15, 0.2) is 11.5 Å². The van der Waals surface area contributed by atoms with Gasteiger partial charge in [-0.3, -0.25) is 14.7 Å². The molecule has 0 unspecified atom stereocenters. The second-order valence-electron chi connectivity index (χ2n) is 6.58. The first-order chi connectivity index (χ1) is 14.5. The van der Waals surface area contributed by atoms with E-state index in [4.69, 9.17) is 9.47 Å². The molecule has 4 rings (SSSR count). The van der Waals surface area contributed by atoms with Crippen LogP contribution in [-0.2, 0) is 7.05 Å². The third-order valence-electron chi connectivity index (χ3n) is 4.68. The molecule has 0 spiro atoms. The molecule has 0 aliphatic heterocycles. The van der Waals surface area contributed by atoms with Crippen LogP contribution in [0.5, 0.6) is 11.5 Å². The Balaban J connectivity index is 1.58. The number of aryl methyl sites for hydroxylation is 1. The molecule has 0 radical (unpaired) electrons. The number of anilines is 1. The second kappa shape index (κ2) is 7.70. The normalized spacial score (nSPS) is 10.8. The topological polar surface area (TPSA) is 111 Å². The highest BCUT2D eigenvalue weighted by Gasteiger charge is 2.14. The van der Waals surface area contributed by atoms with Gasteiger partial charge < -0.3 is 19.4 Å². The number of carbonyl (C=O) groups is 1. The Bertz CT molecular complexity index is 1310. The fourth-order valence-corrected chi connectivity index (χ4v) is 3.07. The zero-order chi connectivity index (χ0) is 21.3. The Hall–Kier alpha value is -4.14. The van der Waals surface area contributed by atoms with Crippen LogP contribution >= 0.6 is 0 Å². The van der Waals surface area contributed by atoms with Gasteiger partial charge in [-0.05, 0) is 42.5 Å². The van der Waals surface area contributed by atoms with Crippen LogP contribution in [0.2, 0.25) is 0 Å². The van der Waals surface area contributed by atoms with Gasteiger partial charge in [-0.1, -0.05) is 0 Å². The van der Waals surface area contributed by atoms with Gasteiger partial charge in [0.2, 0.25) is 0 Å². The Kier molecular flexibility index (Phi) is 4.93. The molecular formula is C21H19N5O4. The molecule has 2 N–H and O–H groups in total. The summed E-state index contributed by atoms with van der Waals surface area (Å²) in [5.74, 6) is 0.788. The lowest BCUT2D eigenvalue weighted by atomic mass is 10.1. The van der Waals surface area contributed by atoms with Crippen molar-refractivity contribution in [1.82, 2.24) is 19.7 Å². The molecule has 1 amide bonds. The number of aromatic nitrogens is 4. The van der Waals surface area contributed by atoms with Crippen LogP contribution in [0.4, 0.5) is 5.69 Å². The Morgan fingerprint density at radius 2 is 1.87 bits per heavy atom. The van der Waals surface area contributed by atoms with E-state index in [1.54, 1.807) is 57.7 Å². The molecule has 0 saturated heterocycles. The smallest absolute Gasteiger partial charge is 0.273 e. The number of H-pyrrole nitrogens is 1. The number of hydrogen-bond acceptors (Lipinski definition) is 6. The van der Waals surface area contributed by atoms with Crippen LogP contribution in [0.3, 0.4) is 0 Å². The predicted molar refractivity (Wildman–Crippen MR) is 112 cm³/mol. The maximum Gasteiger partial charge on any atom is 0.273 e. The van der Waals surface area contributed by atoms with Crippen molar-refractivity contribution in [2.45, 2.75) is 0 Å². The molecule has 0 fully saturated rings. The molecule has 2 aromatic heterocycles. The zero-order valence-electron chi connectivity index (χ0n) is 16.6. The summed E-state index contributed by atoms with van der Waals surface area (Å²) in [6.07, 6.45) is 1.46. The number of benzene rings is 2. The van der Waals surface area contributed by atoms with E-state index < -0.39 is 0 Å². The maximum atomic E-state index is 12.6. The highest BCUT2D eigenvalue weighted by atomic mass is 16.5. The van der Waals surface area contributed by atoms with Crippen molar-refractivity contribution in [2.24, 2.45) is 7.05 Å². The average molecular weight is 405 g/mol. The lowest BCUT2D eigenvalue weighted by Gasteiger charge is -2.08. The molecule has 2 aromatic carbocycles. The molecule has 0 atom stereocenters. The van der Waals surface area contributed by atoms with Crippen LogP contribution in [0, 0.1) is 0 Å². The number of hydrogen-bond donors (Lipinski definition) is 2. The number of ether oxygens (including phenoxy) is 2. The van der Waals surface area contributed by atoms with Gasteiger partial charge in [-0.25, -0.2) is 4.98 Å². The summed E-state index contributed by atoms with van der Waals surface area (Å²) < 4.78 is 11.9. The molecule has 0 aliphatic rings. The molecule has 9 nitrogen and oxygen atoms in total. The van der Waals surface area contributed by atoms with Crippen LogP contribution in [-0.4, -0.2) is 39.9 Å². The van der Waals surface area contributed by atoms with E-state index >= 15 is 0 Å². The average Bonchev–Trinajstić information content (AvgIpc) is 3.26. The highest BCUT2D eigenvalue weighted by Crippen LogP contribution is 2.31. The number of aromatic amines is 1. The quantitative estimate of drug-likeness (QED) is 0.528. The van der Waals surface area contributed by atoms with Gasteiger partial charge in [0.05, 0.1) is 37.1 Å². The third-order valence-corrected chi connectivity index (χ3v) is 4.68. The molecule has 4 aromatic rings. The number of methoxy groups -OCH3 is 2. The summed E-state index contributed by atoms with van der Waals surface area (Å²) in [5, 5.41) is 10.1. The third kappa shape index (κ3) is 3.48. The monoisotopic (exact) mass is 405 g/mol. The standard InChI is InChI=1S/C21H19N5O4/c1-26-11-22-15-6-5-13(9-14(15)21(26)28)23-20(27)17-10-16(24-25-17)12-4-7-18(29-2)19(8-12)30-3/h4-11H,1-3H3,(H,23,27)(H,24,25). The number of nitrogens with zero attached hydrogens (tertiary/aromatic N) is 3. The summed E-state index contributed by atoms with van der Waals surface area (Å²) in [5.41, 5.74) is 2.49. The van der Waals surface area contributed by atoms with Crippen LogP contribution < -0.4 is 20.3 Å². The van der Waals surface area contributed by atoms with E-state index in [1.165, 1.54) is 10.9 Å². The van der Waals surface area contributed by atoms with Crippen LogP contribution in [0.25, 0.3) is 22.2 Å². The van der Waals surface area contributed by atoms with Crippen molar-refractivity contribution in [3.05, 3.63) is 64.8 Å². The van der Waals surface area contributed by atoms with E-state index in [2.05, 4.69) is 20.5 Å². The van der Waals surface area contributed by atoms with E-state index in [0.29, 0.717) is 33.8 Å². The van der Waals surface area contributed by atoms with Gasteiger partial charge >= 0.3 is 0 Å². The molecule has 2 heterocycles. The fourth-order valence-electron chi connectivity index (χ4n) is 3.07. The summed E-state index contributed by atoms with van der Waals surface area (Å²) in [6, 6.07) is 12.0. The number of fused-ring (bicyclic) bond motifs is 1. The van der Waals surface area contributed by atoms with Gasteiger partial charge in [-0.2, -0.15) is 5.10 Å². The number of rotatable bonds is 5. The summed E-state index contributed by atoms with van der Waals surface area (Å²) >= 11 is 0. The zero-order valence-corrected chi connectivity index (χ0v) is 16.6. The number of carbonyl (C=O) groups excluding carboxylic acids is 1. The predicted octanol–water partition coefficient (Wildman–Crippen LogP) is 2.59. The van der Waals surface area contributed by atoms with Crippen molar-refractivity contribution in [3.63, 3.8) is 0 Å². The van der Waals surface area contributed by atoms with E-state index in [1.807, 2.05) is 6.07 Å². The SMILES string of the molecule is COc1ccc(-c2cc(C(=O)Nc3ccc4ncn(C)c(=O)c4c3)[nH]n2)cc1OC. The van der Waals surface area contributed by atoms with E-state index in [9.17, 15) is 9.59 Å². The Morgan fingerprint density at radius 1 is 1.07 bits per heavy atom. The molecule has 152 valence electrons. The lowest BCUT2D eigenvalue weighted by molar-refractivity contribution is 0.102. The second-order valence-corrected chi connectivity index (χ2v) is 6.58. The van der Waals surface area contributed by atoms with Crippen LogP contribution in [0.15, 0.2) is 53.6 Å². The molecular weight excluding hydrogens is 386 g/mol. The van der Waals surface area contributed by atoms with E-state index in [0.717, 1.165) is 5.56 Å². The largest absolute Gasteiger partial charge is 0.493 e. The Morgan fingerprint density at radius 3 is 2.63 bits per heavy atom. The minimum atomic E-state index is -0.380.